The lowest BCUT2D eigenvalue weighted by molar-refractivity contribution is 0.423. The highest BCUT2D eigenvalue weighted by atomic mass is 32.1. The van der Waals surface area contributed by atoms with Crippen molar-refractivity contribution in [1.82, 2.24) is 5.01 Å². The number of allylic oxidation sites excluding steroid dienone is 3. The van der Waals surface area contributed by atoms with Gasteiger partial charge in [-0.2, -0.15) is 5.10 Å². The molecule has 1 aromatic rings. The number of benzene rings is 1. The van der Waals surface area contributed by atoms with Gasteiger partial charge in [0, 0.05) is 6.54 Å². The molecule has 1 aliphatic carbocycles. The van der Waals surface area contributed by atoms with E-state index in [0.29, 0.717) is 0 Å². The molecule has 1 heterocycles. The first kappa shape index (κ1) is 13.3. The minimum Gasteiger partial charge on any atom is -0.254 e. The van der Waals surface area contributed by atoms with Gasteiger partial charge in [0.1, 0.15) is 4.99 Å². The van der Waals surface area contributed by atoms with Crippen molar-refractivity contribution in [2.45, 2.75) is 25.7 Å². The van der Waals surface area contributed by atoms with Crippen LogP contribution >= 0.6 is 12.2 Å². The van der Waals surface area contributed by atoms with Crippen LogP contribution < -0.4 is 0 Å². The molecule has 102 valence electrons. The van der Waals surface area contributed by atoms with Crippen molar-refractivity contribution in [2.24, 2.45) is 5.10 Å². The van der Waals surface area contributed by atoms with Gasteiger partial charge in [-0.05, 0) is 36.8 Å². The molecule has 2 aliphatic rings. The summed E-state index contributed by atoms with van der Waals surface area (Å²) in [6, 6.07) is 10.4. The summed E-state index contributed by atoms with van der Waals surface area (Å²) in [5, 5.41) is 6.78. The normalized spacial score (nSPS) is 18.5. The highest BCUT2D eigenvalue weighted by Gasteiger charge is 2.19. The van der Waals surface area contributed by atoms with E-state index in [-0.39, 0.29) is 0 Å². The fourth-order valence-corrected chi connectivity index (χ4v) is 2.87. The molecule has 1 aromatic carbocycles. The second-order valence-corrected chi connectivity index (χ2v) is 5.49. The fourth-order valence-electron chi connectivity index (χ4n) is 2.57. The van der Waals surface area contributed by atoms with Crippen molar-refractivity contribution in [3.05, 3.63) is 59.7 Å². The van der Waals surface area contributed by atoms with Crippen molar-refractivity contribution >= 4 is 22.9 Å². The third-order valence-electron chi connectivity index (χ3n) is 3.65. The smallest absolute Gasteiger partial charge is 0.125 e. The zero-order valence-electron chi connectivity index (χ0n) is 11.5. The summed E-state index contributed by atoms with van der Waals surface area (Å²) in [4.78, 5) is 0.891. The molecule has 0 atom stereocenters. The average Bonchev–Trinajstić information content (AvgIpc) is 2.56. The Balaban J connectivity index is 1.82. The van der Waals surface area contributed by atoms with Gasteiger partial charge in [-0.1, -0.05) is 60.8 Å². The number of rotatable bonds is 2. The minimum atomic E-state index is 0.891. The van der Waals surface area contributed by atoms with Crippen LogP contribution in [0.1, 0.15) is 31.2 Å². The first-order valence-electron chi connectivity index (χ1n) is 7.15. The molecular weight excluding hydrogens is 264 g/mol. The first-order valence-corrected chi connectivity index (χ1v) is 7.56. The third-order valence-corrected chi connectivity index (χ3v) is 4.13. The largest absolute Gasteiger partial charge is 0.254 e. The van der Waals surface area contributed by atoms with Crippen molar-refractivity contribution < 1.29 is 0 Å². The van der Waals surface area contributed by atoms with Gasteiger partial charge in [-0.3, -0.25) is 5.01 Å². The lowest BCUT2D eigenvalue weighted by Crippen LogP contribution is -2.32. The van der Waals surface area contributed by atoms with Gasteiger partial charge >= 0.3 is 0 Å². The molecule has 0 aromatic heterocycles. The monoisotopic (exact) mass is 282 g/mol. The van der Waals surface area contributed by atoms with Crippen molar-refractivity contribution in [2.75, 3.05) is 6.54 Å². The Morgan fingerprint density at radius 3 is 2.75 bits per heavy atom. The molecule has 0 saturated carbocycles. The molecule has 0 amide bonds. The number of nitrogens with zero attached hydrogens (tertiary/aromatic N) is 2. The molecule has 0 unspecified atom stereocenters. The summed E-state index contributed by atoms with van der Waals surface area (Å²) < 4.78 is 0. The lowest BCUT2D eigenvalue weighted by atomic mass is 10.0. The van der Waals surface area contributed by atoms with E-state index in [4.69, 9.17) is 17.3 Å². The summed E-state index contributed by atoms with van der Waals surface area (Å²) in [6.45, 7) is 0.927. The molecule has 1 aliphatic heterocycles. The van der Waals surface area contributed by atoms with Gasteiger partial charge in [0.25, 0.3) is 0 Å². The van der Waals surface area contributed by atoms with E-state index in [1.807, 2.05) is 11.1 Å². The Bertz CT molecular complexity index is 584. The predicted molar refractivity (Wildman–Crippen MR) is 88.0 cm³/mol. The number of hydrogen-bond donors (Lipinski definition) is 0. The minimum absolute atomic E-state index is 0.891. The number of hydrazone groups is 1. The van der Waals surface area contributed by atoms with E-state index in [9.17, 15) is 0 Å². The molecule has 0 N–H and O–H groups in total. The van der Waals surface area contributed by atoms with Gasteiger partial charge in [0.15, 0.2) is 0 Å². The van der Waals surface area contributed by atoms with Crippen LogP contribution in [0.3, 0.4) is 0 Å². The summed E-state index contributed by atoms with van der Waals surface area (Å²) in [5.74, 6) is 0. The topological polar surface area (TPSA) is 15.6 Å². The Hall–Kier alpha value is -1.74. The van der Waals surface area contributed by atoms with Gasteiger partial charge in [0.05, 0.1) is 5.71 Å². The van der Waals surface area contributed by atoms with E-state index >= 15 is 0 Å². The summed E-state index contributed by atoms with van der Waals surface area (Å²) >= 11 is 5.61. The molecule has 3 rings (SSSR count). The summed E-state index contributed by atoms with van der Waals surface area (Å²) in [7, 11) is 0. The maximum Gasteiger partial charge on any atom is 0.125 e. The van der Waals surface area contributed by atoms with E-state index < -0.39 is 0 Å². The highest BCUT2D eigenvalue weighted by molar-refractivity contribution is 7.80. The third kappa shape index (κ3) is 2.88. The predicted octanol–water partition coefficient (Wildman–Crippen LogP) is 4.09. The van der Waals surface area contributed by atoms with Gasteiger partial charge in [-0.15, -0.1) is 0 Å². The second kappa shape index (κ2) is 6.14. The van der Waals surface area contributed by atoms with Crippen LogP contribution in [0.2, 0.25) is 0 Å². The zero-order valence-corrected chi connectivity index (χ0v) is 12.3. The Morgan fingerprint density at radius 1 is 1.15 bits per heavy atom. The molecule has 20 heavy (non-hydrogen) atoms. The van der Waals surface area contributed by atoms with Crippen molar-refractivity contribution in [1.29, 1.82) is 0 Å². The molecule has 0 saturated heterocycles. The van der Waals surface area contributed by atoms with Gasteiger partial charge in [0.2, 0.25) is 0 Å². The number of hydrogen-bond acceptors (Lipinski definition) is 2. The number of thiocarbonyl (C=S) groups is 1. The van der Waals surface area contributed by atoms with Crippen LogP contribution in [-0.4, -0.2) is 22.3 Å². The molecule has 0 radical (unpaired) electrons. The zero-order chi connectivity index (χ0) is 13.8. The molecule has 0 fully saturated rings. The SMILES string of the molecule is S=C(C1=CC=CCC1)N1CCCC(c2ccccc2)=N1. The van der Waals surface area contributed by atoms with Crippen LogP contribution in [0, 0.1) is 0 Å². The Kier molecular flexibility index (Phi) is 4.07. The van der Waals surface area contributed by atoms with Crippen LogP contribution in [-0.2, 0) is 0 Å². The van der Waals surface area contributed by atoms with Crippen molar-refractivity contribution in [3.8, 4) is 0 Å². The molecule has 2 nitrogen and oxygen atoms in total. The maximum absolute atomic E-state index is 5.61. The van der Waals surface area contributed by atoms with Crippen LogP contribution in [0.4, 0.5) is 0 Å². The van der Waals surface area contributed by atoms with Crippen LogP contribution in [0.5, 0.6) is 0 Å². The second-order valence-electron chi connectivity index (χ2n) is 5.10. The van der Waals surface area contributed by atoms with Gasteiger partial charge < -0.3 is 0 Å². The van der Waals surface area contributed by atoms with Gasteiger partial charge in [-0.25, -0.2) is 0 Å². The van der Waals surface area contributed by atoms with E-state index in [1.165, 1.54) is 11.1 Å². The highest BCUT2D eigenvalue weighted by Crippen LogP contribution is 2.20. The summed E-state index contributed by atoms with van der Waals surface area (Å²) in [5.41, 5.74) is 3.59. The quantitative estimate of drug-likeness (QED) is 0.759. The molecule has 0 bridgehead atoms. The first-order chi connectivity index (χ1) is 9.84. The Morgan fingerprint density at radius 2 is 2.00 bits per heavy atom. The lowest BCUT2D eigenvalue weighted by Gasteiger charge is -2.27. The maximum atomic E-state index is 5.61. The van der Waals surface area contributed by atoms with Crippen LogP contribution in [0.15, 0.2) is 59.2 Å². The van der Waals surface area contributed by atoms with Crippen LogP contribution in [0.25, 0.3) is 0 Å². The summed E-state index contributed by atoms with van der Waals surface area (Å²) in [6.07, 6.45) is 10.6. The molecular formula is C17H18N2S. The molecule has 3 heteroatoms. The standard InChI is InChI=1S/C17H18N2S/c20-17(15-10-5-2-6-11-15)19-13-7-12-16(18-19)14-8-3-1-4-9-14/h1-5,8-10H,6-7,11-13H2. The fraction of sp³-hybridized carbons (Fsp3) is 0.294. The average molecular weight is 282 g/mol. The molecule has 0 spiro atoms. The van der Waals surface area contributed by atoms with E-state index in [1.54, 1.807) is 0 Å². The van der Waals surface area contributed by atoms with Crippen molar-refractivity contribution in [3.63, 3.8) is 0 Å². The Labute approximate surface area is 125 Å². The van der Waals surface area contributed by atoms with E-state index in [2.05, 4.69) is 42.5 Å². The van der Waals surface area contributed by atoms with E-state index in [0.717, 1.165) is 42.9 Å².